The Bertz CT molecular complexity index is 480. The Morgan fingerprint density at radius 1 is 1.61 bits per heavy atom. The molecule has 1 aromatic rings. The molecule has 0 saturated carbocycles. The summed E-state index contributed by atoms with van der Waals surface area (Å²) >= 11 is 1.86. The highest BCUT2D eigenvalue weighted by Gasteiger charge is 2.21. The predicted octanol–water partition coefficient (Wildman–Crippen LogP) is -0.0932. The number of hydrogen-bond donors (Lipinski definition) is 2. The fourth-order valence-electron chi connectivity index (χ4n) is 1.76. The molecule has 8 heteroatoms. The summed E-state index contributed by atoms with van der Waals surface area (Å²) in [5, 5.41) is 12.6. The lowest BCUT2D eigenvalue weighted by molar-refractivity contribution is 0.269. The lowest BCUT2D eigenvalue weighted by atomic mass is 10.1. The molecule has 2 rings (SSSR count). The topological polar surface area (TPSA) is 84.2 Å². The predicted molar refractivity (Wildman–Crippen MR) is 69.9 cm³/mol. The SMILES string of the molecule is O=S(=O)(NCC1CCSC1)c1cnn(CCO)c1. The number of aliphatic hydroxyl groups is 1. The highest BCUT2D eigenvalue weighted by Crippen LogP contribution is 2.23. The van der Waals surface area contributed by atoms with E-state index in [0.29, 0.717) is 19.0 Å². The van der Waals surface area contributed by atoms with Crippen LogP contribution in [-0.2, 0) is 16.6 Å². The van der Waals surface area contributed by atoms with E-state index in [0.717, 1.165) is 17.9 Å². The molecule has 1 fully saturated rings. The van der Waals surface area contributed by atoms with Crippen molar-refractivity contribution in [1.29, 1.82) is 0 Å². The molecular weight excluding hydrogens is 274 g/mol. The molecule has 1 aliphatic rings. The molecule has 0 spiro atoms. The molecule has 1 atom stereocenters. The molecular formula is C10H17N3O3S2. The number of nitrogens with one attached hydrogen (secondary N) is 1. The first kappa shape index (κ1) is 13.9. The van der Waals surface area contributed by atoms with Gasteiger partial charge in [-0.05, 0) is 23.8 Å². The summed E-state index contributed by atoms with van der Waals surface area (Å²) in [6.45, 7) is 0.725. The average molecular weight is 291 g/mol. The third-order valence-corrected chi connectivity index (χ3v) is 5.44. The number of nitrogens with zero attached hydrogens (tertiary/aromatic N) is 2. The van der Waals surface area contributed by atoms with Gasteiger partial charge in [-0.3, -0.25) is 4.68 Å². The van der Waals surface area contributed by atoms with Gasteiger partial charge in [0.15, 0.2) is 0 Å². The van der Waals surface area contributed by atoms with Crippen LogP contribution >= 0.6 is 11.8 Å². The van der Waals surface area contributed by atoms with Crippen molar-refractivity contribution in [2.45, 2.75) is 17.9 Å². The number of rotatable bonds is 6. The molecule has 1 aliphatic heterocycles. The van der Waals surface area contributed by atoms with E-state index in [9.17, 15) is 8.42 Å². The van der Waals surface area contributed by atoms with Gasteiger partial charge in [-0.15, -0.1) is 0 Å². The molecule has 0 aromatic carbocycles. The van der Waals surface area contributed by atoms with Gasteiger partial charge in [0.1, 0.15) is 4.90 Å². The van der Waals surface area contributed by atoms with Crippen molar-refractivity contribution in [1.82, 2.24) is 14.5 Å². The van der Waals surface area contributed by atoms with E-state index < -0.39 is 10.0 Å². The third-order valence-electron chi connectivity index (χ3n) is 2.83. The number of aliphatic hydroxyl groups excluding tert-OH is 1. The second-order valence-corrected chi connectivity index (χ2v) is 7.16. The van der Waals surface area contributed by atoms with Crippen molar-refractivity contribution in [3.8, 4) is 0 Å². The maximum Gasteiger partial charge on any atom is 0.243 e. The average Bonchev–Trinajstić information content (AvgIpc) is 2.98. The normalized spacial score (nSPS) is 20.4. The molecule has 2 N–H and O–H groups in total. The van der Waals surface area contributed by atoms with E-state index in [4.69, 9.17) is 5.11 Å². The van der Waals surface area contributed by atoms with Gasteiger partial charge in [0.25, 0.3) is 0 Å². The van der Waals surface area contributed by atoms with E-state index >= 15 is 0 Å². The number of sulfonamides is 1. The molecule has 0 aliphatic carbocycles. The third kappa shape index (κ3) is 3.47. The first-order valence-corrected chi connectivity index (χ1v) is 8.46. The largest absolute Gasteiger partial charge is 0.394 e. The van der Waals surface area contributed by atoms with Crippen molar-refractivity contribution in [2.24, 2.45) is 5.92 Å². The summed E-state index contributed by atoms with van der Waals surface area (Å²) in [5.41, 5.74) is 0. The van der Waals surface area contributed by atoms with Crippen LogP contribution in [0.4, 0.5) is 0 Å². The molecule has 0 amide bonds. The van der Waals surface area contributed by atoms with Crippen molar-refractivity contribution in [3.63, 3.8) is 0 Å². The lowest BCUT2D eigenvalue weighted by Crippen LogP contribution is -2.29. The minimum atomic E-state index is -3.47. The monoisotopic (exact) mass is 291 g/mol. The van der Waals surface area contributed by atoms with Crippen LogP contribution in [0.15, 0.2) is 17.3 Å². The summed E-state index contributed by atoms with van der Waals surface area (Å²) in [4.78, 5) is 0.154. The van der Waals surface area contributed by atoms with Gasteiger partial charge in [0.2, 0.25) is 10.0 Å². The summed E-state index contributed by atoms with van der Waals surface area (Å²) in [5.74, 6) is 2.56. The van der Waals surface area contributed by atoms with Crippen LogP contribution in [0.1, 0.15) is 6.42 Å². The minimum Gasteiger partial charge on any atom is -0.394 e. The summed E-state index contributed by atoms with van der Waals surface area (Å²) < 4.78 is 28.0. The van der Waals surface area contributed by atoms with Gasteiger partial charge in [0.05, 0.1) is 19.3 Å². The van der Waals surface area contributed by atoms with E-state index in [1.165, 1.54) is 17.1 Å². The Morgan fingerprint density at radius 3 is 3.11 bits per heavy atom. The molecule has 0 radical (unpaired) electrons. The van der Waals surface area contributed by atoms with Crippen LogP contribution in [0.3, 0.4) is 0 Å². The van der Waals surface area contributed by atoms with Crippen LogP contribution in [0.5, 0.6) is 0 Å². The second kappa shape index (κ2) is 6.05. The van der Waals surface area contributed by atoms with Gasteiger partial charge in [0, 0.05) is 12.7 Å². The summed E-state index contributed by atoms with van der Waals surface area (Å²) in [6, 6.07) is 0. The van der Waals surface area contributed by atoms with Crippen LogP contribution < -0.4 is 4.72 Å². The molecule has 1 aromatic heterocycles. The van der Waals surface area contributed by atoms with Gasteiger partial charge in [-0.1, -0.05) is 0 Å². The van der Waals surface area contributed by atoms with Crippen LogP contribution in [-0.4, -0.2) is 48.0 Å². The standard InChI is InChI=1S/C10H17N3O3S2/c14-3-2-13-7-10(6-11-13)18(15,16)12-5-9-1-4-17-8-9/h6-7,9,12,14H,1-5,8H2. The van der Waals surface area contributed by atoms with E-state index in [1.54, 1.807) is 0 Å². The second-order valence-electron chi connectivity index (χ2n) is 4.24. The Kier molecular flexibility index (Phi) is 4.66. The number of thioether (sulfide) groups is 1. The van der Waals surface area contributed by atoms with E-state index in [1.807, 2.05) is 11.8 Å². The Labute approximate surface area is 111 Å². The highest BCUT2D eigenvalue weighted by molar-refractivity contribution is 7.99. The molecule has 6 nitrogen and oxygen atoms in total. The van der Waals surface area contributed by atoms with Crippen molar-refractivity contribution < 1.29 is 13.5 Å². The zero-order chi connectivity index (χ0) is 13.0. The molecule has 1 unspecified atom stereocenters. The first-order chi connectivity index (χ1) is 8.62. The fraction of sp³-hybridized carbons (Fsp3) is 0.700. The zero-order valence-electron chi connectivity index (χ0n) is 9.95. The molecule has 0 bridgehead atoms. The summed E-state index contributed by atoms with van der Waals surface area (Å²) in [6.07, 6.45) is 3.81. The smallest absolute Gasteiger partial charge is 0.243 e. The van der Waals surface area contributed by atoms with Crippen LogP contribution in [0.2, 0.25) is 0 Å². The molecule has 1 saturated heterocycles. The van der Waals surface area contributed by atoms with E-state index in [-0.39, 0.29) is 11.5 Å². The van der Waals surface area contributed by atoms with E-state index in [2.05, 4.69) is 9.82 Å². The molecule has 2 heterocycles. The van der Waals surface area contributed by atoms with Gasteiger partial charge < -0.3 is 5.11 Å². The van der Waals surface area contributed by atoms with Gasteiger partial charge in [-0.2, -0.15) is 16.9 Å². The zero-order valence-corrected chi connectivity index (χ0v) is 11.6. The van der Waals surface area contributed by atoms with Crippen molar-refractivity contribution in [2.75, 3.05) is 24.7 Å². The Morgan fingerprint density at radius 2 is 2.44 bits per heavy atom. The van der Waals surface area contributed by atoms with Crippen LogP contribution in [0, 0.1) is 5.92 Å². The van der Waals surface area contributed by atoms with Crippen LogP contribution in [0.25, 0.3) is 0 Å². The van der Waals surface area contributed by atoms with Crippen molar-refractivity contribution in [3.05, 3.63) is 12.4 Å². The quantitative estimate of drug-likeness (QED) is 0.765. The number of hydrogen-bond acceptors (Lipinski definition) is 5. The van der Waals surface area contributed by atoms with Gasteiger partial charge >= 0.3 is 0 Å². The highest BCUT2D eigenvalue weighted by atomic mass is 32.2. The molecule has 102 valence electrons. The Balaban J connectivity index is 1.95. The first-order valence-electron chi connectivity index (χ1n) is 5.82. The molecule has 18 heavy (non-hydrogen) atoms. The summed E-state index contributed by atoms with van der Waals surface area (Å²) in [7, 11) is -3.47. The minimum absolute atomic E-state index is 0.0616. The maximum absolute atomic E-state index is 12.0. The van der Waals surface area contributed by atoms with Crippen molar-refractivity contribution >= 4 is 21.8 Å². The lowest BCUT2D eigenvalue weighted by Gasteiger charge is -2.09. The van der Waals surface area contributed by atoms with Gasteiger partial charge in [-0.25, -0.2) is 13.1 Å². The number of aromatic nitrogens is 2. The Hall–Kier alpha value is -0.570. The maximum atomic E-state index is 12.0. The fourth-order valence-corrected chi connectivity index (χ4v) is 4.12.